The molecule has 0 radical (unpaired) electrons. The van der Waals surface area contributed by atoms with Crippen LogP contribution in [0, 0.1) is 18.7 Å². The molecule has 1 aliphatic heterocycles. The molecular formula is C22H28FN3O. The largest absolute Gasteiger partial charge is 0.309 e. The zero-order chi connectivity index (χ0) is 19.4. The first-order valence-electron chi connectivity index (χ1n) is 9.66. The van der Waals surface area contributed by atoms with Crippen LogP contribution in [0.2, 0.25) is 0 Å². The number of anilines is 1. The molecule has 0 spiro atoms. The van der Waals surface area contributed by atoms with Crippen LogP contribution in [0.15, 0.2) is 42.7 Å². The number of rotatable bonds is 5. The number of hydrogen-bond acceptors (Lipinski definition) is 3. The Hall–Kier alpha value is -2.27. The summed E-state index contributed by atoms with van der Waals surface area (Å²) < 4.78 is 14.1. The summed E-state index contributed by atoms with van der Waals surface area (Å²) >= 11 is 0. The van der Waals surface area contributed by atoms with E-state index in [0.717, 1.165) is 32.5 Å². The lowest BCUT2D eigenvalue weighted by atomic mass is 9.99. The van der Waals surface area contributed by atoms with Gasteiger partial charge in [-0.3, -0.25) is 14.7 Å². The number of aryl methyl sites for hydroxylation is 1. The molecule has 0 N–H and O–H groups in total. The highest BCUT2D eigenvalue weighted by Gasteiger charge is 2.30. The zero-order valence-electron chi connectivity index (χ0n) is 16.4. The molecule has 4 nitrogen and oxygen atoms in total. The molecule has 3 rings (SSSR count). The monoisotopic (exact) mass is 369 g/mol. The number of piperidine rings is 1. The van der Waals surface area contributed by atoms with Crippen molar-refractivity contribution in [2.24, 2.45) is 5.92 Å². The minimum atomic E-state index is -0.261. The van der Waals surface area contributed by atoms with E-state index in [1.54, 1.807) is 19.2 Å². The molecule has 0 bridgehead atoms. The number of amides is 1. The SMILES string of the molecule is Cc1ccc(N(C(=O)C(C)C)C2CCN(Cc3cccnc3)CC2)cc1F. The number of carbonyl (C=O) groups excluding carboxylic acids is 1. The Balaban J connectivity index is 1.72. The van der Waals surface area contributed by atoms with Crippen LogP contribution >= 0.6 is 0 Å². The van der Waals surface area contributed by atoms with Gasteiger partial charge in [0.1, 0.15) is 5.82 Å². The molecule has 144 valence electrons. The van der Waals surface area contributed by atoms with Gasteiger partial charge in [0, 0.05) is 49.7 Å². The minimum absolute atomic E-state index is 0.0592. The lowest BCUT2D eigenvalue weighted by molar-refractivity contribution is -0.122. The van der Waals surface area contributed by atoms with E-state index >= 15 is 0 Å². The van der Waals surface area contributed by atoms with Gasteiger partial charge in [-0.2, -0.15) is 0 Å². The standard InChI is InChI=1S/C22H28FN3O/c1-16(2)22(27)26(20-7-6-17(3)21(23)13-20)19-8-11-25(12-9-19)15-18-5-4-10-24-14-18/h4-7,10,13-14,16,19H,8-9,11-12,15H2,1-3H3. The molecule has 1 aromatic carbocycles. The first-order chi connectivity index (χ1) is 13.0. The Morgan fingerprint density at radius 1 is 1.30 bits per heavy atom. The van der Waals surface area contributed by atoms with Crippen LogP contribution < -0.4 is 4.90 Å². The maximum atomic E-state index is 14.1. The van der Waals surface area contributed by atoms with Gasteiger partial charge in [-0.1, -0.05) is 26.0 Å². The van der Waals surface area contributed by atoms with Crippen molar-refractivity contribution >= 4 is 11.6 Å². The molecule has 1 aliphatic rings. The highest BCUT2D eigenvalue weighted by molar-refractivity contribution is 5.95. The van der Waals surface area contributed by atoms with Gasteiger partial charge in [-0.25, -0.2) is 4.39 Å². The molecule has 1 aromatic heterocycles. The summed E-state index contributed by atoms with van der Waals surface area (Å²) in [6.45, 7) is 8.24. The number of benzene rings is 1. The Morgan fingerprint density at radius 2 is 2.04 bits per heavy atom. The molecule has 0 atom stereocenters. The fraction of sp³-hybridized carbons (Fsp3) is 0.455. The van der Waals surface area contributed by atoms with Crippen molar-refractivity contribution in [3.63, 3.8) is 0 Å². The maximum Gasteiger partial charge on any atom is 0.229 e. The van der Waals surface area contributed by atoms with Crippen LogP contribution in [0.4, 0.5) is 10.1 Å². The van der Waals surface area contributed by atoms with E-state index in [2.05, 4.69) is 16.0 Å². The molecule has 0 saturated carbocycles. The van der Waals surface area contributed by atoms with Crippen molar-refractivity contribution in [2.75, 3.05) is 18.0 Å². The van der Waals surface area contributed by atoms with Crippen molar-refractivity contribution in [1.82, 2.24) is 9.88 Å². The van der Waals surface area contributed by atoms with Crippen molar-refractivity contribution in [1.29, 1.82) is 0 Å². The van der Waals surface area contributed by atoms with Crippen molar-refractivity contribution < 1.29 is 9.18 Å². The molecule has 2 aromatic rings. The molecule has 0 unspecified atom stereocenters. The summed E-state index contributed by atoms with van der Waals surface area (Å²) in [5, 5.41) is 0. The zero-order valence-corrected chi connectivity index (χ0v) is 16.4. The van der Waals surface area contributed by atoms with Crippen molar-refractivity contribution in [3.05, 3.63) is 59.7 Å². The molecule has 2 heterocycles. The molecule has 27 heavy (non-hydrogen) atoms. The molecule has 0 aliphatic carbocycles. The predicted octanol–water partition coefficient (Wildman–Crippen LogP) is 4.18. The highest BCUT2D eigenvalue weighted by Crippen LogP contribution is 2.27. The average molecular weight is 369 g/mol. The van der Waals surface area contributed by atoms with E-state index < -0.39 is 0 Å². The topological polar surface area (TPSA) is 36.4 Å². The second-order valence-corrected chi connectivity index (χ2v) is 7.67. The Labute approximate surface area is 161 Å². The Bertz CT molecular complexity index is 770. The van der Waals surface area contributed by atoms with Crippen LogP contribution in [0.3, 0.4) is 0 Å². The normalized spacial score (nSPS) is 15.9. The smallest absolute Gasteiger partial charge is 0.229 e. The van der Waals surface area contributed by atoms with Gasteiger partial charge in [0.2, 0.25) is 5.91 Å². The third-order valence-electron chi connectivity index (χ3n) is 5.22. The van der Waals surface area contributed by atoms with Gasteiger partial charge in [-0.05, 0) is 49.1 Å². The summed E-state index contributed by atoms with van der Waals surface area (Å²) in [6, 6.07) is 9.26. The van der Waals surface area contributed by atoms with E-state index in [4.69, 9.17) is 0 Å². The lowest BCUT2D eigenvalue weighted by Gasteiger charge is -2.39. The molecule has 1 fully saturated rings. The highest BCUT2D eigenvalue weighted by atomic mass is 19.1. The number of hydrogen-bond donors (Lipinski definition) is 0. The van der Waals surface area contributed by atoms with Gasteiger partial charge < -0.3 is 4.90 Å². The first kappa shape index (κ1) is 19.5. The van der Waals surface area contributed by atoms with Crippen LogP contribution in [0.5, 0.6) is 0 Å². The second kappa shape index (κ2) is 8.61. The summed E-state index contributed by atoms with van der Waals surface area (Å²) in [4.78, 5) is 21.3. The number of carbonyl (C=O) groups is 1. The first-order valence-corrected chi connectivity index (χ1v) is 9.66. The summed E-state index contributed by atoms with van der Waals surface area (Å²) in [5.41, 5.74) is 2.47. The van der Waals surface area contributed by atoms with Gasteiger partial charge in [0.25, 0.3) is 0 Å². The lowest BCUT2D eigenvalue weighted by Crippen LogP contribution is -2.48. The number of aromatic nitrogens is 1. The van der Waals surface area contributed by atoms with E-state index in [1.165, 1.54) is 11.6 Å². The molecular weight excluding hydrogens is 341 g/mol. The number of nitrogens with zero attached hydrogens (tertiary/aromatic N) is 3. The van der Waals surface area contributed by atoms with E-state index in [1.807, 2.05) is 37.1 Å². The quantitative estimate of drug-likeness (QED) is 0.793. The Morgan fingerprint density at radius 3 is 2.63 bits per heavy atom. The Kier molecular flexibility index (Phi) is 6.22. The predicted molar refractivity (Wildman–Crippen MR) is 106 cm³/mol. The number of likely N-dealkylation sites (tertiary alicyclic amines) is 1. The van der Waals surface area contributed by atoms with Crippen LogP contribution in [-0.4, -0.2) is 34.9 Å². The summed E-state index contributed by atoms with van der Waals surface area (Å²) in [6.07, 6.45) is 5.45. The molecule has 1 saturated heterocycles. The minimum Gasteiger partial charge on any atom is -0.309 e. The van der Waals surface area contributed by atoms with Crippen LogP contribution in [0.25, 0.3) is 0 Å². The van der Waals surface area contributed by atoms with E-state index in [9.17, 15) is 9.18 Å². The molecule has 1 amide bonds. The van der Waals surface area contributed by atoms with E-state index in [0.29, 0.717) is 11.3 Å². The maximum absolute atomic E-state index is 14.1. The van der Waals surface area contributed by atoms with Gasteiger partial charge >= 0.3 is 0 Å². The van der Waals surface area contributed by atoms with Crippen molar-refractivity contribution in [2.45, 2.75) is 46.2 Å². The molecule has 5 heteroatoms. The van der Waals surface area contributed by atoms with Gasteiger partial charge in [0.15, 0.2) is 0 Å². The van der Waals surface area contributed by atoms with Crippen LogP contribution in [0.1, 0.15) is 37.8 Å². The fourth-order valence-electron chi connectivity index (χ4n) is 3.61. The van der Waals surface area contributed by atoms with Crippen LogP contribution in [-0.2, 0) is 11.3 Å². The number of pyridine rings is 1. The summed E-state index contributed by atoms with van der Waals surface area (Å²) in [7, 11) is 0. The summed E-state index contributed by atoms with van der Waals surface area (Å²) in [5.74, 6) is -0.324. The second-order valence-electron chi connectivity index (χ2n) is 7.67. The third kappa shape index (κ3) is 4.72. The third-order valence-corrected chi connectivity index (χ3v) is 5.22. The van der Waals surface area contributed by atoms with Gasteiger partial charge in [0.05, 0.1) is 0 Å². The van der Waals surface area contributed by atoms with E-state index in [-0.39, 0.29) is 23.7 Å². The van der Waals surface area contributed by atoms with Gasteiger partial charge in [-0.15, -0.1) is 0 Å². The average Bonchev–Trinajstić information content (AvgIpc) is 2.67. The fourth-order valence-corrected chi connectivity index (χ4v) is 3.61. The number of halogens is 1. The van der Waals surface area contributed by atoms with Crippen molar-refractivity contribution in [3.8, 4) is 0 Å².